The molecule has 2 heterocycles. The van der Waals surface area contributed by atoms with E-state index in [1.807, 2.05) is 61.7 Å². The van der Waals surface area contributed by atoms with Crippen LogP contribution in [-0.4, -0.2) is 27.6 Å². The Morgan fingerprint density at radius 2 is 1.97 bits per heavy atom. The Morgan fingerprint density at radius 1 is 1.17 bits per heavy atom. The van der Waals surface area contributed by atoms with Crippen LogP contribution >= 0.6 is 11.6 Å². The van der Waals surface area contributed by atoms with Gasteiger partial charge in [-0.3, -0.25) is 4.79 Å². The molecule has 152 valence electrons. The normalized spacial score (nSPS) is 12.0. The van der Waals surface area contributed by atoms with E-state index in [0.717, 1.165) is 16.8 Å². The number of aromatic nitrogens is 3. The number of halogens is 1. The molecule has 7 heteroatoms. The zero-order valence-electron chi connectivity index (χ0n) is 16.7. The van der Waals surface area contributed by atoms with E-state index in [-0.39, 0.29) is 11.8 Å². The van der Waals surface area contributed by atoms with Crippen molar-refractivity contribution in [2.45, 2.75) is 19.3 Å². The van der Waals surface area contributed by atoms with Crippen molar-refractivity contribution in [1.82, 2.24) is 14.6 Å². The minimum atomic E-state index is -0.252. The maximum atomic E-state index is 12.9. The van der Waals surface area contributed by atoms with Crippen molar-refractivity contribution in [1.29, 1.82) is 0 Å². The standard InChI is InChI=1S/C23H21ClN4O2/c1-3-17(15-7-5-4-6-8-15)23(29)26-19-13-16(9-10-18(19)24)20-14-28-21(25-20)11-12-22(27-28)30-2/h4-14,17H,3H2,1-2H3,(H,26,29). The molecule has 0 fully saturated rings. The number of nitrogens with zero attached hydrogens (tertiary/aromatic N) is 3. The summed E-state index contributed by atoms with van der Waals surface area (Å²) in [6, 6.07) is 18.8. The maximum absolute atomic E-state index is 12.9. The van der Waals surface area contributed by atoms with Gasteiger partial charge in [0.25, 0.3) is 0 Å². The highest BCUT2D eigenvalue weighted by Gasteiger charge is 2.20. The molecular weight excluding hydrogens is 400 g/mol. The van der Waals surface area contributed by atoms with Crippen LogP contribution < -0.4 is 10.1 Å². The van der Waals surface area contributed by atoms with Crippen molar-refractivity contribution < 1.29 is 9.53 Å². The van der Waals surface area contributed by atoms with Crippen molar-refractivity contribution in [3.8, 4) is 17.1 Å². The number of benzene rings is 2. The minimum absolute atomic E-state index is 0.0934. The molecule has 0 saturated carbocycles. The number of fused-ring (bicyclic) bond motifs is 1. The molecule has 4 rings (SSSR count). The Kier molecular flexibility index (Phi) is 5.68. The highest BCUT2D eigenvalue weighted by molar-refractivity contribution is 6.33. The lowest BCUT2D eigenvalue weighted by Crippen LogP contribution is -2.20. The van der Waals surface area contributed by atoms with Crippen LogP contribution in [0.2, 0.25) is 5.02 Å². The number of anilines is 1. The number of rotatable bonds is 6. The third-order valence-corrected chi connectivity index (χ3v) is 5.28. The third-order valence-electron chi connectivity index (χ3n) is 4.95. The Labute approximate surface area is 179 Å². The van der Waals surface area contributed by atoms with Gasteiger partial charge >= 0.3 is 0 Å². The van der Waals surface area contributed by atoms with Gasteiger partial charge in [0.05, 0.1) is 35.6 Å². The number of nitrogens with one attached hydrogen (secondary N) is 1. The van der Waals surface area contributed by atoms with Crippen molar-refractivity contribution in [2.24, 2.45) is 0 Å². The fraction of sp³-hybridized carbons (Fsp3) is 0.174. The lowest BCUT2D eigenvalue weighted by Gasteiger charge is -2.16. The van der Waals surface area contributed by atoms with E-state index in [1.54, 1.807) is 23.8 Å². The van der Waals surface area contributed by atoms with Gasteiger partial charge in [-0.2, -0.15) is 0 Å². The summed E-state index contributed by atoms with van der Waals surface area (Å²) in [5.41, 5.74) is 3.77. The first kappa shape index (κ1) is 19.9. The van der Waals surface area contributed by atoms with Gasteiger partial charge in [-0.15, -0.1) is 5.10 Å². The van der Waals surface area contributed by atoms with E-state index < -0.39 is 0 Å². The lowest BCUT2D eigenvalue weighted by atomic mass is 9.95. The van der Waals surface area contributed by atoms with Crippen LogP contribution in [0.4, 0.5) is 5.69 Å². The molecule has 4 aromatic rings. The van der Waals surface area contributed by atoms with Crippen LogP contribution in [-0.2, 0) is 4.79 Å². The summed E-state index contributed by atoms with van der Waals surface area (Å²) in [6.07, 6.45) is 2.50. The van der Waals surface area contributed by atoms with Crippen LogP contribution in [0.3, 0.4) is 0 Å². The summed E-state index contributed by atoms with van der Waals surface area (Å²) >= 11 is 6.37. The molecule has 0 saturated heterocycles. The van der Waals surface area contributed by atoms with Gasteiger partial charge in [0, 0.05) is 11.6 Å². The lowest BCUT2D eigenvalue weighted by molar-refractivity contribution is -0.117. The SMILES string of the molecule is CCC(C(=O)Nc1cc(-c2cn3nc(OC)ccc3n2)ccc1Cl)c1ccccc1. The van der Waals surface area contributed by atoms with E-state index in [2.05, 4.69) is 15.4 Å². The second-order valence-electron chi connectivity index (χ2n) is 6.86. The van der Waals surface area contributed by atoms with Crippen molar-refractivity contribution in [2.75, 3.05) is 12.4 Å². The third kappa shape index (κ3) is 4.00. The summed E-state index contributed by atoms with van der Waals surface area (Å²) in [5.74, 6) is 0.156. The van der Waals surface area contributed by atoms with Gasteiger partial charge in [0.1, 0.15) is 0 Å². The number of hydrogen-bond donors (Lipinski definition) is 1. The highest BCUT2D eigenvalue weighted by Crippen LogP contribution is 2.30. The predicted molar refractivity (Wildman–Crippen MR) is 118 cm³/mol. The average molecular weight is 421 g/mol. The molecular formula is C23H21ClN4O2. The summed E-state index contributed by atoms with van der Waals surface area (Å²) < 4.78 is 6.82. The summed E-state index contributed by atoms with van der Waals surface area (Å²) in [5, 5.41) is 7.78. The molecule has 1 N–H and O–H groups in total. The Hall–Kier alpha value is -3.38. The zero-order chi connectivity index (χ0) is 21.1. The second kappa shape index (κ2) is 8.55. The molecule has 6 nitrogen and oxygen atoms in total. The number of carbonyl (C=O) groups is 1. The highest BCUT2D eigenvalue weighted by atomic mass is 35.5. The van der Waals surface area contributed by atoms with Gasteiger partial charge in [0.2, 0.25) is 11.8 Å². The Morgan fingerprint density at radius 3 is 2.70 bits per heavy atom. The van der Waals surface area contributed by atoms with E-state index in [9.17, 15) is 4.79 Å². The summed E-state index contributed by atoms with van der Waals surface area (Å²) in [7, 11) is 1.57. The van der Waals surface area contributed by atoms with Gasteiger partial charge in [0.15, 0.2) is 5.65 Å². The molecule has 0 bridgehead atoms. The first-order chi connectivity index (χ1) is 14.6. The van der Waals surface area contributed by atoms with Gasteiger partial charge in [-0.05, 0) is 30.2 Å². The van der Waals surface area contributed by atoms with Crippen molar-refractivity contribution in [3.63, 3.8) is 0 Å². The number of carbonyl (C=O) groups excluding carboxylic acids is 1. The van der Waals surface area contributed by atoms with Crippen LogP contribution in [0.15, 0.2) is 66.9 Å². The molecule has 0 spiro atoms. The van der Waals surface area contributed by atoms with E-state index in [4.69, 9.17) is 16.3 Å². The minimum Gasteiger partial charge on any atom is -0.480 e. The second-order valence-corrected chi connectivity index (χ2v) is 7.27. The predicted octanol–water partition coefficient (Wildman–Crippen LogP) is 5.19. The first-order valence-electron chi connectivity index (χ1n) is 9.65. The van der Waals surface area contributed by atoms with Gasteiger partial charge in [-0.1, -0.05) is 54.9 Å². The molecule has 1 unspecified atom stereocenters. The number of hydrogen-bond acceptors (Lipinski definition) is 4. The van der Waals surface area contributed by atoms with Crippen LogP contribution in [0.5, 0.6) is 5.88 Å². The zero-order valence-corrected chi connectivity index (χ0v) is 17.4. The summed E-state index contributed by atoms with van der Waals surface area (Å²) in [4.78, 5) is 17.5. The molecule has 0 aliphatic rings. The molecule has 2 aromatic carbocycles. The molecule has 30 heavy (non-hydrogen) atoms. The van der Waals surface area contributed by atoms with Crippen LogP contribution in [0.25, 0.3) is 16.9 Å². The Balaban J connectivity index is 1.62. The molecule has 2 aromatic heterocycles. The summed E-state index contributed by atoms with van der Waals surface area (Å²) in [6.45, 7) is 1.99. The quantitative estimate of drug-likeness (QED) is 0.466. The smallest absolute Gasteiger partial charge is 0.231 e. The topological polar surface area (TPSA) is 68.5 Å². The monoisotopic (exact) mass is 420 g/mol. The van der Waals surface area contributed by atoms with Crippen molar-refractivity contribution >= 4 is 28.8 Å². The molecule has 0 aliphatic heterocycles. The first-order valence-corrected chi connectivity index (χ1v) is 10.0. The van der Waals surface area contributed by atoms with E-state index >= 15 is 0 Å². The fourth-order valence-electron chi connectivity index (χ4n) is 3.37. The van der Waals surface area contributed by atoms with E-state index in [1.165, 1.54) is 0 Å². The molecule has 0 aliphatic carbocycles. The largest absolute Gasteiger partial charge is 0.480 e. The number of methoxy groups -OCH3 is 1. The van der Waals surface area contributed by atoms with Crippen molar-refractivity contribution in [3.05, 3.63) is 77.4 Å². The van der Waals surface area contributed by atoms with Crippen LogP contribution in [0.1, 0.15) is 24.8 Å². The van der Waals surface area contributed by atoms with Gasteiger partial charge in [-0.25, -0.2) is 9.50 Å². The molecule has 1 amide bonds. The number of ether oxygens (including phenoxy) is 1. The Bertz CT molecular complexity index is 1190. The maximum Gasteiger partial charge on any atom is 0.231 e. The molecule has 0 radical (unpaired) electrons. The number of amides is 1. The fourth-order valence-corrected chi connectivity index (χ4v) is 3.54. The number of imidazole rings is 1. The van der Waals surface area contributed by atoms with Crippen LogP contribution in [0, 0.1) is 0 Å². The molecule has 1 atom stereocenters. The average Bonchev–Trinajstić information content (AvgIpc) is 3.20. The van der Waals surface area contributed by atoms with Gasteiger partial charge < -0.3 is 10.1 Å². The van der Waals surface area contributed by atoms with E-state index in [0.29, 0.717) is 28.7 Å².